The van der Waals surface area contributed by atoms with E-state index in [1.165, 1.54) is 29.0 Å². The van der Waals surface area contributed by atoms with E-state index in [2.05, 4.69) is 37.8 Å². The van der Waals surface area contributed by atoms with Gasteiger partial charge in [0, 0.05) is 24.9 Å². The first-order chi connectivity index (χ1) is 14.8. The summed E-state index contributed by atoms with van der Waals surface area (Å²) in [5, 5.41) is 0.630. The molecule has 1 aromatic heterocycles. The molecule has 0 bridgehead atoms. The fraction of sp³-hybridized carbons (Fsp3) is 0.391. The van der Waals surface area contributed by atoms with E-state index < -0.39 is 9.84 Å². The molecule has 8 heteroatoms. The molecular formula is C23H29N3O3S2. The summed E-state index contributed by atoms with van der Waals surface area (Å²) in [6.07, 6.45) is 2.08. The number of hydrogen-bond donors (Lipinski definition) is 0. The highest BCUT2D eigenvalue weighted by atomic mass is 32.2. The van der Waals surface area contributed by atoms with Crippen molar-refractivity contribution in [2.45, 2.75) is 32.1 Å². The highest BCUT2D eigenvalue weighted by Crippen LogP contribution is 2.31. The van der Waals surface area contributed by atoms with Crippen LogP contribution >= 0.6 is 11.3 Å². The Morgan fingerprint density at radius 1 is 1.03 bits per heavy atom. The van der Waals surface area contributed by atoms with E-state index in [1.54, 1.807) is 17.0 Å². The molecule has 1 amide bonds. The van der Waals surface area contributed by atoms with Gasteiger partial charge in [0.25, 0.3) is 5.91 Å². The highest BCUT2D eigenvalue weighted by Gasteiger charge is 2.23. The van der Waals surface area contributed by atoms with Gasteiger partial charge in [0.1, 0.15) is 0 Å². The minimum atomic E-state index is -3.40. The molecule has 0 unspecified atom stereocenters. The molecule has 0 aliphatic heterocycles. The average Bonchev–Trinajstić information content (AvgIpc) is 3.18. The highest BCUT2D eigenvalue weighted by molar-refractivity contribution is 7.90. The zero-order chi connectivity index (χ0) is 22.6. The minimum Gasteiger partial charge on any atom is -0.302 e. The Bertz CT molecular complexity index is 1170. The lowest BCUT2D eigenvalue weighted by Crippen LogP contribution is -2.38. The zero-order valence-electron chi connectivity index (χ0n) is 18.5. The molecule has 166 valence electrons. The van der Waals surface area contributed by atoms with Gasteiger partial charge < -0.3 is 4.90 Å². The lowest BCUT2D eigenvalue weighted by Gasteiger charge is -2.24. The molecule has 0 aliphatic rings. The zero-order valence-corrected chi connectivity index (χ0v) is 20.1. The van der Waals surface area contributed by atoms with Gasteiger partial charge in [-0.15, -0.1) is 0 Å². The number of aryl methyl sites for hydroxylation is 1. The molecule has 0 fully saturated rings. The van der Waals surface area contributed by atoms with Gasteiger partial charge in [0.15, 0.2) is 15.0 Å². The van der Waals surface area contributed by atoms with Crippen LogP contribution in [0.15, 0.2) is 47.4 Å². The number of anilines is 1. The van der Waals surface area contributed by atoms with Crippen LogP contribution in [0, 0.1) is 0 Å². The summed E-state index contributed by atoms with van der Waals surface area (Å²) >= 11 is 1.49. The van der Waals surface area contributed by atoms with Gasteiger partial charge in [-0.3, -0.25) is 9.69 Å². The van der Waals surface area contributed by atoms with Crippen molar-refractivity contribution >= 4 is 42.4 Å². The van der Waals surface area contributed by atoms with Crippen LogP contribution in [0.3, 0.4) is 0 Å². The summed E-state index contributed by atoms with van der Waals surface area (Å²) in [5.41, 5.74) is 2.43. The SMILES string of the molecule is CCc1ccc2nc(N(CCN(CC)CC)C(=O)c3cccc(S(C)(=O)=O)c3)sc2c1. The fourth-order valence-corrected chi connectivity index (χ4v) is 5.09. The first kappa shape index (κ1) is 23.4. The summed E-state index contributed by atoms with van der Waals surface area (Å²) in [6.45, 7) is 9.26. The van der Waals surface area contributed by atoms with E-state index in [4.69, 9.17) is 4.98 Å². The van der Waals surface area contributed by atoms with Crippen LogP contribution in [-0.2, 0) is 16.3 Å². The van der Waals surface area contributed by atoms with Gasteiger partial charge in [-0.1, -0.05) is 44.2 Å². The van der Waals surface area contributed by atoms with Gasteiger partial charge in [-0.25, -0.2) is 13.4 Å². The number of carbonyl (C=O) groups excluding carboxylic acids is 1. The summed E-state index contributed by atoms with van der Waals surface area (Å²) in [6, 6.07) is 12.4. The topological polar surface area (TPSA) is 70.6 Å². The Morgan fingerprint density at radius 2 is 1.77 bits per heavy atom. The number of hydrogen-bond acceptors (Lipinski definition) is 6. The number of carbonyl (C=O) groups is 1. The molecule has 0 spiro atoms. The Kier molecular flexibility index (Phi) is 7.46. The second kappa shape index (κ2) is 9.89. The first-order valence-electron chi connectivity index (χ1n) is 10.5. The number of aromatic nitrogens is 1. The van der Waals surface area contributed by atoms with E-state index in [0.717, 1.165) is 36.0 Å². The van der Waals surface area contributed by atoms with Gasteiger partial charge in [-0.05, 0) is 55.4 Å². The summed E-state index contributed by atoms with van der Waals surface area (Å²) in [7, 11) is -3.40. The van der Waals surface area contributed by atoms with Crippen molar-refractivity contribution in [3.63, 3.8) is 0 Å². The second-order valence-corrected chi connectivity index (χ2v) is 10.5. The Balaban J connectivity index is 2.01. The number of rotatable bonds is 9. The molecule has 2 aromatic carbocycles. The normalized spacial score (nSPS) is 11.9. The third-order valence-corrected chi connectivity index (χ3v) is 7.52. The maximum atomic E-state index is 13.5. The van der Waals surface area contributed by atoms with Gasteiger partial charge in [0.05, 0.1) is 15.1 Å². The molecule has 0 atom stereocenters. The molecule has 3 rings (SSSR count). The number of amides is 1. The van der Waals surface area contributed by atoms with Gasteiger partial charge >= 0.3 is 0 Å². The first-order valence-corrected chi connectivity index (χ1v) is 13.2. The van der Waals surface area contributed by atoms with Crippen LogP contribution < -0.4 is 4.90 Å². The third-order valence-electron chi connectivity index (χ3n) is 5.37. The molecule has 1 heterocycles. The van der Waals surface area contributed by atoms with E-state index in [-0.39, 0.29) is 10.8 Å². The van der Waals surface area contributed by atoms with Gasteiger partial charge in [0.2, 0.25) is 0 Å². The van der Waals surface area contributed by atoms with Crippen molar-refractivity contribution in [2.75, 3.05) is 37.3 Å². The lowest BCUT2D eigenvalue weighted by molar-refractivity contribution is 0.0983. The Labute approximate surface area is 188 Å². The van der Waals surface area contributed by atoms with Crippen molar-refractivity contribution in [2.24, 2.45) is 0 Å². The summed E-state index contributed by atoms with van der Waals surface area (Å²) in [5.74, 6) is -0.243. The molecule has 3 aromatic rings. The monoisotopic (exact) mass is 459 g/mol. The molecule has 0 saturated heterocycles. The Morgan fingerprint density at radius 3 is 2.42 bits per heavy atom. The molecule has 0 saturated carbocycles. The maximum absolute atomic E-state index is 13.5. The van der Waals surface area contributed by atoms with Crippen molar-refractivity contribution in [1.82, 2.24) is 9.88 Å². The van der Waals surface area contributed by atoms with Crippen molar-refractivity contribution in [3.05, 3.63) is 53.6 Å². The predicted octanol–water partition coefficient (Wildman–Crippen LogP) is 4.25. The van der Waals surface area contributed by atoms with E-state index in [9.17, 15) is 13.2 Å². The molecule has 0 N–H and O–H groups in total. The summed E-state index contributed by atoms with van der Waals surface area (Å²) in [4.78, 5) is 22.3. The number of fused-ring (bicyclic) bond motifs is 1. The minimum absolute atomic E-state index is 0.138. The molecule has 6 nitrogen and oxygen atoms in total. The standard InChI is InChI=1S/C23H29N3O3S2/c1-5-17-11-12-20-21(15-17)30-23(24-20)26(14-13-25(6-2)7-3)22(27)18-9-8-10-19(16-18)31(4,28)29/h8-12,15-16H,5-7,13-14H2,1-4H3. The van der Waals surface area contributed by atoms with E-state index in [0.29, 0.717) is 23.8 Å². The van der Waals surface area contributed by atoms with Crippen LogP contribution in [0.2, 0.25) is 0 Å². The number of likely N-dealkylation sites (N-methyl/N-ethyl adjacent to an activating group) is 1. The number of benzene rings is 2. The molecule has 0 radical (unpaired) electrons. The Hall–Kier alpha value is -2.29. The van der Waals surface area contributed by atoms with Gasteiger partial charge in [-0.2, -0.15) is 0 Å². The van der Waals surface area contributed by atoms with Crippen LogP contribution in [0.5, 0.6) is 0 Å². The van der Waals surface area contributed by atoms with Crippen LogP contribution in [0.4, 0.5) is 5.13 Å². The summed E-state index contributed by atoms with van der Waals surface area (Å²) < 4.78 is 25.0. The quantitative estimate of drug-likeness (QED) is 0.478. The lowest BCUT2D eigenvalue weighted by atomic mass is 10.2. The number of thiazole rings is 1. The van der Waals surface area contributed by atoms with Crippen molar-refractivity contribution in [1.29, 1.82) is 0 Å². The second-order valence-electron chi connectivity index (χ2n) is 7.44. The molecule has 31 heavy (non-hydrogen) atoms. The molecule has 0 aliphatic carbocycles. The smallest absolute Gasteiger partial charge is 0.260 e. The fourth-order valence-electron chi connectivity index (χ4n) is 3.37. The van der Waals surface area contributed by atoms with Crippen molar-refractivity contribution < 1.29 is 13.2 Å². The van der Waals surface area contributed by atoms with Crippen molar-refractivity contribution in [3.8, 4) is 0 Å². The van der Waals surface area contributed by atoms with Crippen LogP contribution in [-0.4, -0.2) is 56.6 Å². The van der Waals surface area contributed by atoms with E-state index in [1.807, 2.05) is 6.07 Å². The van der Waals surface area contributed by atoms with Crippen LogP contribution in [0.25, 0.3) is 10.2 Å². The molecular weight excluding hydrogens is 430 g/mol. The third kappa shape index (κ3) is 5.50. The number of sulfone groups is 1. The predicted molar refractivity (Wildman–Crippen MR) is 128 cm³/mol. The average molecular weight is 460 g/mol. The van der Waals surface area contributed by atoms with Crippen LogP contribution in [0.1, 0.15) is 36.7 Å². The number of nitrogens with zero attached hydrogens (tertiary/aromatic N) is 3. The largest absolute Gasteiger partial charge is 0.302 e. The maximum Gasteiger partial charge on any atom is 0.260 e. The van der Waals surface area contributed by atoms with E-state index >= 15 is 0 Å².